The monoisotopic (exact) mass is 524 g/mol. The third-order valence-corrected chi connectivity index (χ3v) is 7.39. The van der Waals surface area contributed by atoms with Crippen molar-refractivity contribution in [3.8, 4) is 11.1 Å². The third-order valence-electron chi connectivity index (χ3n) is 7.39. The van der Waals surface area contributed by atoms with Crippen molar-refractivity contribution < 1.29 is 0 Å². The zero-order valence-electron chi connectivity index (χ0n) is 23.2. The summed E-state index contributed by atoms with van der Waals surface area (Å²) in [6.45, 7) is 2.13. The van der Waals surface area contributed by atoms with Crippen LogP contribution in [0.4, 0.5) is 0 Å². The molecule has 196 valence electrons. The first-order valence-electron chi connectivity index (χ1n) is 14.1. The molecular formula is C41H32. The largest absolute Gasteiger partial charge is 0.0622 e. The van der Waals surface area contributed by atoms with E-state index in [1.54, 1.807) is 0 Å². The molecule has 0 aliphatic rings. The maximum atomic E-state index is 2.28. The van der Waals surface area contributed by atoms with Gasteiger partial charge in [-0.1, -0.05) is 169 Å². The minimum absolute atomic E-state index is 1.18. The van der Waals surface area contributed by atoms with Crippen molar-refractivity contribution in [3.63, 3.8) is 0 Å². The Morgan fingerprint density at radius 3 is 1.00 bits per heavy atom. The zero-order valence-corrected chi connectivity index (χ0v) is 23.2. The molecule has 0 radical (unpaired) electrons. The van der Waals surface area contributed by atoms with E-state index in [9.17, 15) is 0 Å². The van der Waals surface area contributed by atoms with Crippen LogP contribution in [0.2, 0.25) is 0 Å². The molecule has 6 rings (SSSR count). The fourth-order valence-corrected chi connectivity index (χ4v) is 5.13. The Balaban J connectivity index is 1.28. The Hall–Kier alpha value is -5.20. The normalized spacial score (nSPS) is 11.2. The summed E-state index contributed by atoms with van der Waals surface area (Å²) in [4.78, 5) is 0. The Labute approximate surface area is 243 Å². The molecule has 0 saturated carbocycles. The highest BCUT2D eigenvalue weighted by Crippen LogP contribution is 2.29. The molecule has 6 aromatic carbocycles. The topological polar surface area (TPSA) is 0 Å². The quantitative estimate of drug-likeness (QED) is 0.182. The Bertz CT molecular complexity index is 1710. The Morgan fingerprint density at radius 1 is 0.341 bits per heavy atom. The molecule has 0 amide bonds. The second-order valence-corrected chi connectivity index (χ2v) is 10.3. The van der Waals surface area contributed by atoms with Crippen molar-refractivity contribution in [3.05, 3.63) is 203 Å². The lowest BCUT2D eigenvalue weighted by Crippen LogP contribution is -1.89. The van der Waals surface area contributed by atoms with Gasteiger partial charge in [0.2, 0.25) is 0 Å². The molecule has 6 aromatic rings. The van der Waals surface area contributed by atoms with Crippen molar-refractivity contribution in [2.45, 2.75) is 6.92 Å². The average molecular weight is 525 g/mol. The summed E-state index contributed by atoms with van der Waals surface area (Å²) < 4.78 is 0. The molecule has 0 heteroatoms. The van der Waals surface area contributed by atoms with E-state index in [-0.39, 0.29) is 0 Å². The van der Waals surface area contributed by atoms with Crippen molar-refractivity contribution in [2.75, 3.05) is 0 Å². The highest BCUT2D eigenvalue weighted by molar-refractivity contribution is 5.92. The van der Waals surface area contributed by atoms with Gasteiger partial charge in [0, 0.05) is 0 Å². The smallest absolute Gasteiger partial charge is 0.0105 e. The van der Waals surface area contributed by atoms with Crippen LogP contribution >= 0.6 is 0 Å². The van der Waals surface area contributed by atoms with Crippen molar-refractivity contribution >= 4 is 23.3 Å². The van der Waals surface area contributed by atoms with Gasteiger partial charge in [0.25, 0.3) is 0 Å². The van der Waals surface area contributed by atoms with Gasteiger partial charge in [-0.15, -0.1) is 0 Å². The van der Waals surface area contributed by atoms with Gasteiger partial charge in [0.05, 0.1) is 0 Å². The molecule has 0 aliphatic carbocycles. The van der Waals surface area contributed by atoms with Gasteiger partial charge in [-0.25, -0.2) is 0 Å². The molecular weight excluding hydrogens is 492 g/mol. The van der Waals surface area contributed by atoms with E-state index in [4.69, 9.17) is 0 Å². The lowest BCUT2D eigenvalue weighted by Gasteiger charge is -2.10. The predicted octanol–water partition coefficient (Wildman–Crippen LogP) is 10.8. The van der Waals surface area contributed by atoms with Crippen LogP contribution in [0.1, 0.15) is 38.9 Å². The summed E-state index contributed by atoms with van der Waals surface area (Å²) >= 11 is 0. The van der Waals surface area contributed by atoms with Crippen LogP contribution in [0, 0.1) is 6.92 Å². The molecule has 0 nitrogen and oxygen atoms in total. The highest BCUT2D eigenvalue weighted by atomic mass is 14.1. The molecule has 0 unspecified atom stereocenters. The maximum Gasteiger partial charge on any atom is -0.0105 e. The minimum Gasteiger partial charge on any atom is -0.0622 e. The van der Waals surface area contributed by atoms with Gasteiger partial charge in [-0.3, -0.25) is 0 Å². The zero-order chi connectivity index (χ0) is 27.9. The van der Waals surface area contributed by atoms with E-state index in [2.05, 4.69) is 183 Å². The van der Waals surface area contributed by atoms with Crippen molar-refractivity contribution in [1.29, 1.82) is 0 Å². The fourth-order valence-electron chi connectivity index (χ4n) is 5.13. The summed E-state index contributed by atoms with van der Waals surface area (Å²) in [5.41, 5.74) is 13.4. The van der Waals surface area contributed by atoms with Crippen LogP contribution in [-0.4, -0.2) is 0 Å². The number of hydrogen-bond donors (Lipinski definition) is 0. The predicted molar refractivity (Wildman–Crippen MR) is 176 cm³/mol. The van der Waals surface area contributed by atoms with Gasteiger partial charge in [-0.05, 0) is 74.7 Å². The minimum atomic E-state index is 1.18. The first-order chi connectivity index (χ1) is 20.2. The number of rotatable bonds is 7. The molecule has 0 N–H and O–H groups in total. The highest BCUT2D eigenvalue weighted by Gasteiger charge is 2.07. The van der Waals surface area contributed by atoms with Crippen molar-refractivity contribution in [1.82, 2.24) is 0 Å². The summed E-state index contributed by atoms with van der Waals surface area (Å²) in [6, 6.07) is 58.3. The van der Waals surface area contributed by atoms with Gasteiger partial charge in [-0.2, -0.15) is 0 Å². The standard InChI is InChI=1S/C41H32/c1-31-17-23-39(24-18-31)41(38-15-9-4-10-16-38)30-33-21-27-35(28-22-33)34-25-19-32(20-26-34)29-40(36-11-5-2-6-12-36)37-13-7-3-8-14-37/h2-30H,1H3/b41-30+. The molecule has 0 fully saturated rings. The van der Waals surface area contributed by atoms with Gasteiger partial charge >= 0.3 is 0 Å². The molecule has 0 heterocycles. The average Bonchev–Trinajstić information content (AvgIpc) is 3.05. The van der Waals surface area contributed by atoms with E-state index < -0.39 is 0 Å². The molecule has 0 saturated heterocycles. The second kappa shape index (κ2) is 12.3. The third kappa shape index (κ3) is 6.35. The van der Waals surface area contributed by atoms with Gasteiger partial charge in [0.15, 0.2) is 0 Å². The van der Waals surface area contributed by atoms with E-state index in [1.165, 1.54) is 61.2 Å². The SMILES string of the molecule is Cc1ccc(/C(=C/c2ccc(-c3ccc(C=C(c4ccccc4)c4ccccc4)cc3)cc2)c2ccccc2)cc1. The summed E-state index contributed by atoms with van der Waals surface area (Å²) in [5, 5.41) is 0. The van der Waals surface area contributed by atoms with E-state index in [0.717, 1.165) is 0 Å². The molecule has 0 aromatic heterocycles. The van der Waals surface area contributed by atoms with E-state index >= 15 is 0 Å². The summed E-state index contributed by atoms with van der Waals surface area (Å²) in [5.74, 6) is 0. The first-order valence-corrected chi connectivity index (χ1v) is 14.1. The van der Waals surface area contributed by atoms with E-state index in [1.807, 2.05) is 0 Å². The van der Waals surface area contributed by atoms with Crippen LogP contribution in [-0.2, 0) is 0 Å². The van der Waals surface area contributed by atoms with E-state index in [0.29, 0.717) is 0 Å². The molecule has 0 atom stereocenters. The lowest BCUT2D eigenvalue weighted by molar-refractivity contribution is 1.45. The van der Waals surface area contributed by atoms with Crippen LogP contribution in [0.3, 0.4) is 0 Å². The lowest BCUT2D eigenvalue weighted by atomic mass is 9.94. The Morgan fingerprint density at radius 2 is 0.659 bits per heavy atom. The maximum absolute atomic E-state index is 2.28. The fraction of sp³-hybridized carbons (Fsp3) is 0.0244. The van der Waals surface area contributed by atoms with Crippen molar-refractivity contribution in [2.24, 2.45) is 0 Å². The van der Waals surface area contributed by atoms with Gasteiger partial charge < -0.3 is 0 Å². The van der Waals surface area contributed by atoms with Crippen LogP contribution in [0.15, 0.2) is 164 Å². The number of aryl methyl sites for hydroxylation is 1. The molecule has 0 aliphatic heterocycles. The number of hydrogen-bond acceptors (Lipinski definition) is 0. The summed E-state index contributed by atoms with van der Waals surface area (Å²) in [6.07, 6.45) is 4.56. The van der Waals surface area contributed by atoms with Crippen LogP contribution < -0.4 is 0 Å². The second-order valence-electron chi connectivity index (χ2n) is 10.3. The molecule has 0 bridgehead atoms. The van der Waals surface area contributed by atoms with Gasteiger partial charge in [0.1, 0.15) is 0 Å². The van der Waals surface area contributed by atoms with Crippen LogP contribution in [0.25, 0.3) is 34.4 Å². The molecule has 41 heavy (non-hydrogen) atoms. The number of benzene rings is 6. The molecule has 0 spiro atoms. The Kier molecular flexibility index (Phi) is 7.83. The summed E-state index contributed by atoms with van der Waals surface area (Å²) in [7, 11) is 0. The first kappa shape index (κ1) is 26.0. The van der Waals surface area contributed by atoms with Crippen LogP contribution in [0.5, 0.6) is 0 Å².